The molecule has 2 rings (SSSR count). The zero-order chi connectivity index (χ0) is 64.3. The normalized spacial score (nSPS) is 11.4. The van der Waals surface area contributed by atoms with Crippen LogP contribution in [-0.2, 0) is 133 Å². The molecule has 0 spiro atoms. The zero-order valence-corrected chi connectivity index (χ0v) is 75.3. The molecule has 0 unspecified atom stereocenters. The van der Waals surface area contributed by atoms with E-state index in [4.69, 9.17) is 13.0 Å². The highest BCUT2D eigenvalue weighted by Gasteiger charge is 2.64. The van der Waals surface area contributed by atoms with Crippen LogP contribution in [0.5, 0.6) is 0 Å². The first-order valence-corrected chi connectivity index (χ1v) is 98.9. The van der Waals surface area contributed by atoms with Gasteiger partial charge in [0.2, 0.25) is 16.9 Å². The molecule has 0 radical (unpaired) electrons. The van der Waals surface area contributed by atoms with Crippen molar-refractivity contribution in [3.63, 3.8) is 0 Å². The van der Waals surface area contributed by atoms with Gasteiger partial charge in [-0.25, -0.2) is 0 Å². The molecular formula is C22H38O30Si31. The van der Waals surface area contributed by atoms with Crippen molar-refractivity contribution in [3.05, 3.63) is 60.7 Å². The Morgan fingerprint density at radius 3 is 0.783 bits per heavy atom. The molecule has 0 aliphatic carbocycles. The summed E-state index contributed by atoms with van der Waals surface area (Å²) in [4.78, 5) is 0. The van der Waals surface area contributed by atoms with E-state index in [-0.39, 0.29) is 6.61 Å². The van der Waals surface area contributed by atoms with E-state index in [0.29, 0.717) is 10.4 Å². The molecule has 0 N–H and O–H groups in total. The first-order chi connectivity index (χ1) is 38.0. The van der Waals surface area contributed by atoms with Crippen molar-refractivity contribution >= 4 is 253 Å². The van der Waals surface area contributed by atoms with Gasteiger partial charge in [-0.15, -0.1) is 0 Å². The van der Waals surface area contributed by atoms with E-state index in [1.54, 1.807) is 94.5 Å². The Balaban J connectivity index is 2.23. The molecule has 0 saturated carbocycles. The van der Waals surface area contributed by atoms with E-state index in [9.17, 15) is 116 Å². The molecule has 30 nitrogen and oxygen atoms in total. The molecule has 0 bridgehead atoms. The number of benzene rings is 2. The van der Waals surface area contributed by atoms with E-state index in [1.807, 2.05) is 19.6 Å². The Morgan fingerprint density at radius 2 is 0.566 bits per heavy atom. The molecule has 430 valence electrons. The predicted molar refractivity (Wildman–Crippen MR) is 309 cm³/mol. The lowest BCUT2D eigenvalue weighted by Crippen LogP contribution is -2.81. The molecule has 0 aliphatic rings. The quantitative estimate of drug-likeness (QED) is 0.0567. The minimum absolute atomic E-state index is 0.199. The smallest absolute Gasteiger partial charge is 0.381 e. The van der Waals surface area contributed by atoms with Gasteiger partial charge in [-0.1, -0.05) is 60.7 Å². The summed E-state index contributed by atoms with van der Waals surface area (Å²) in [6.45, 7) is 13.6. The topological polar surface area (TPSA) is 489 Å². The van der Waals surface area contributed by atoms with Gasteiger partial charge >= 0.3 is 217 Å². The van der Waals surface area contributed by atoms with Crippen LogP contribution in [0.2, 0.25) is 32.7 Å². The lowest BCUT2D eigenvalue weighted by Gasteiger charge is -2.46. The Bertz CT molecular complexity index is 3490. The maximum Gasteiger partial charge on any atom is 0.381 e. The molecule has 0 aromatic heterocycles. The van der Waals surface area contributed by atoms with Crippen LogP contribution in [0, 0.1) is 0 Å². The molecule has 0 atom stereocenters. The minimum atomic E-state index is -4.70. The second kappa shape index (κ2) is 33.6. The van der Waals surface area contributed by atoms with Crippen LogP contribution in [0.15, 0.2) is 60.7 Å². The average Bonchev–Trinajstić information content (AvgIpc) is 3.56. The third-order valence-corrected chi connectivity index (χ3v) is 244. The highest BCUT2D eigenvalue weighted by Crippen LogP contribution is 2.29. The first-order valence-electron chi connectivity index (χ1n) is 22.8. The fourth-order valence-corrected chi connectivity index (χ4v) is 355. The Hall–Kier alpha value is -0.357. The van der Waals surface area contributed by atoms with Crippen LogP contribution >= 0.6 is 0 Å². The summed E-state index contributed by atoms with van der Waals surface area (Å²) in [6, 6.07) is 16.0. The molecule has 0 amide bonds. The highest BCUT2D eigenvalue weighted by molar-refractivity contribution is 7.85. The van der Waals surface area contributed by atoms with E-state index in [0.717, 1.165) is 0 Å². The second-order valence-corrected chi connectivity index (χ2v) is 168. The molecule has 83 heavy (non-hydrogen) atoms. The third-order valence-electron chi connectivity index (χ3n) is 10.7. The molecular weight excluding hydrogens is 1610 g/mol. The Kier molecular flexibility index (Phi) is 31.9. The molecule has 0 heterocycles. The average molecular weight is 1650 g/mol. The van der Waals surface area contributed by atoms with Crippen molar-refractivity contribution < 1.29 is 133 Å². The van der Waals surface area contributed by atoms with Gasteiger partial charge in [0, 0.05) is 6.61 Å². The lowest BCUT2D eigenvalue weighted by molar-refractivity contribution is 0.182. The zero-order valence-electron chi connectivity index (χ0n) is 43.9. The van der Waals surface area contributed by atoms with Crippen molar-refractivity contribution in [1.82, 2.24) is 0 Å². The van der Waals surface area contributed by atoms with Gasteiger partial charge in [0.15, 0.2) is 8.32 Å². The SMILES string of the molecule is CCO[Si](C)(C)O[SiH2][Si](=O)[Si](=O)[Si](=O)[Si](=O)[Si](=O)[Si](=O)[Si](=O)[Si](=O)[Si](=O)[Si](=O)[Si](=O)[Si](=O)[Si](=O)[Si](=O)[Si](=O)[Si](=O)[Si](=O)[Si](=O)[Si](=O)[Si](=O)[Si](=O)[Si](=O)[Si](=O)[Si](=O)[Si](=O)[Si](=O)[Si](=O)[Si](c1ccccc1)(c1ccccc1)C(C)(C)O[Si](C)(C)C. The van der Waals surface area contributed by atoms with Gasteiger partial charge in [-0.2, -0.15) is 0 Å². The number of hydrogen-bond acceptors (Lipinski definition) is 30. The van der Waals surface area contributed by atoms with Crippen molar-refractivity contribution in [2.75, 3.05) is 6.61 Å². The van der Waals surface area contributed by atoms with Gasteiger partial charge in [0.1, 0.15) is 0 Å². The van der Waals surface area contributed by atoms with Crippen LogP contribution in [0.4, 0.5) is 0 Å². The number of rotatable bonds is 37. The van der Waals surface area contributed by atoms with Gasteiger partial charge in [-0.3, -0.25) is 0 Å². The highest BCUT2D eigenvalue weighted by atomic mass is 30.1. The Labute approximate surface area is 506 Å². The molecule has 0 aliphatic heterocycles. The summed E-state index contributed by atoms with van der Waals surface area (Å²) in [6.07, 6.45) is 0. The van der Waals surface area contributed by atoms with Crippen molar-refractivity contribution in [2.24, 2.45) is 0 Å². The van der Waals surface area contributed by atoms with E-state index >= 15 is 4.46 Å². The fraction of sp³-hybridized carbons (Fsp3) is 0.455. The molecule has 2 aromatic rings. The van der Waals surface area contributed by atoms with Crippen molar-refractivity contribution in [1.29, 1.82) is 0 Å². The van der Waals surface area contributed by atoms with Crippen LogP contribution < -0.4 is 10.4 Å². The van der Waals surface area contributed by atoms with E-state index < -0.39 is 247 Å². The summed E-state index contributed by atoms with van der Waals surface area (Å²) in [5, 5.41) is -0.606. The largest absolute Gasteiger partial charge is 0.437 e. The first kappa shape index (κ1) is 78.7. The maximum absolute atomic E-state index is 15.1. The van der Waals surface area contributed by atoms with Crippen LogP contribution in [0.3, 0.4) is 0 Å². The lowest BCUT2D eigenvalue weighted by atomic mass is 10.4. The van der Waals surface area contributed by atoms with Gasteiger partial charge < -0.3 is 133 Å². The molecule has 0 fully saturated rings. The van der Waals surface area contributed by atoms with Crippen molar-refractivity contribution in [2.45, 2.75) is 58.7 Å². The maximum atomic E-state index is 15.1. The molecule has 0 saturated heterocycles. The van der Waals surface area contributed by atoms with Crippen LogP contribution in [0.25, 0.3) is 0 Å². The fourth-order valence-electron chi connectivity index (χ4n) is 7.08. The minimum Gasteiger partial charge on any atom is -0.437 e. The monoisotopic (exact) mass is 1650 g/mol. The summed E-state index contributed by atoms with van der Waals surface area (Å²) in [5.74, 6) is 0. The number of hydrogen-bond donors (Lipinski definition) is 0. The van der Waals surface area contributed by atoms with Crippen LogP contribution in [-0.4, -0.2) is 254 Å². The summed E-state index contributed by atoms with van der Waals surface area (Å²) in [5.41, 5.74) is 0. The second-order valence-electron chi connectivity index (χ2n) is 18.3. The van der Waals surface area contributed by atoms with E-state index in [2.05, 4.69) is 0 Å². The predicted octanol–water partition coefficient (Wildman–Crippen LogP) is -9.73. The van der Waals surface area contributed by atoms with Gasteiger partial charge in [-0.05, 0) is 63.9 Å². The standard InChI is InChI=1S/C22H38O30Si31/c1-9-50-82(7,8)52-53-54(23)55(24)56(25)57(26)58(27)59(28)60(29)61(30)62(31)63(32)64(33)65(34)66(35)67(36)68(37)69(38)70(39)71(40)72(41)73(42)74(43)75(44)76(45)77(46)78(47)79(48)80(49)83(20-16-12-10-13-17-20,21-18-14-11-15-19-21)22(2,3)51-81(4,5)6/h10-19H,9,53H2,1-8H3. The van der Waals surface area contributed by atoms with Crippen molar-refractivity contribution in [3.8, 4) is 0 Å². The third kappa shape index (κ3) is 19.6. The molecule has 2 aromatic carbocycles. The summed E-state index contributed by atoms with van der Waals surface area (Å²) in [7, 11) is -131. The van der Waals surface area contributed by atoms with Gasteiger partial charge in [0.05, 0.1) is 5.22 Å². The van der Waals surface area contributed by atoms with Crippen LogP contribution in [0.1, 0.15) is 20.8 Å². The van der Waals surface area contributed by atoms with E-state index in [1.165, 1.54) is 0 Å². The molecule has 61 heteroatoms. The summed E-state index contributed by atoms with van der Waals surface area (Å²) >= 11 is 0. The Morgan fingerprint density at radius 1 is 0.349 bits per heavy atom. The van der Waals surface area contributed by atoms with Gasteiger partial charge in [0.25, 0.3) is 0 Å². The summed E-state index contributed by atoms with van der Waals surface area (Å²) < 4.78 is 372.